The summed E-state index contributed by atoms with van der Waals surface area (Å²) < 4.78 is 12.3. The molecule has 11 nitrogen and oxygen atoms in total. The lowest BCUT2D eigenvalue weighted by atomic mass is 9.59. The van der Waals surface area contributed by atoms with Crippen molar-refractivity contribution in [3.8, 4) is 11.5 Å². The van der Waals surface area contributed by atoms with E-state index < -0.39 is 60.4 Å². The normalized spacial score (nSPS) is 32.4. The number of aldehydes is 1. The van der Waals surface area contributed by atoms with E-state index in [9.17, 15) is 39.9 Å². The molecule has 0 aromatic heterocycles. The van der Waals surface area contributed by atoms with Crippen molar-refractivity contribution in [2.45, 2.75) is 104 Å². The smallest absolute Gasteiger partial charge is 0.217 e. The number of aliphatic hydroxyl groups excluding tert-OH is 3. The Labute approximate surface area is 256 Å². The lowest BCUT2D eigenvalue weighted by Crippen LogP contribution is -2.65. The zero-order valence-electron chi connectivity index (χ0n) is 25.5. The predicted molar refractivity (Wildman–Crippen MR) is 158 cm³/mol. The molecule has 1 heterocycles. The van der Waals surface area contributed by atoms with E-state index in [0.29, 0.717) is 31.1 Å². The van der Waals surface area contributed by atoms with Gasteiger partial charge in [-0.15, -0.1) is 0 Å². The Morgan fingerprint density at radius 3 is 2.44 bits per heavy atom. The van der Waals surface area contributed by atoms with Crippen LogP contribution in [0.15, 0.2) is 11.6 Å². The minimum atomic E-state index is -1.51. The molecule has 0 spiro atoms. The Morgan fingerprint density at radius 1 is 1.21 bits per heavy atom. The lowest BCUT2D eigenvalue weighted by molar-refractivity contribution is -0.281. The second-order valence-corrected chi connectivity index (χ2v) is 12.6. The first-order chi connectivity index (χ1) is 20.1. The fourth-order valence-electron chi connectivity index (χ4n) is 6.15. The van der Waals surface area contributed by atoms with E-state index in [2.05, 4.69) is 12.2 Å². The van der Waals surface area contributed by atoms with Gasteiger partial charge in [0.1, 0.15) is 41.6 Å². The maximum Gasteiger partial charge on any atom is 0.217 e. The summed E-state index contributed by atoms with van der Waals surface area (Å²) in [6, 6.07) is -1.18. The molecule has 1 aromatic rings. The van der Waals surface area contributed by atoms with Gasteiger partial charge in [-0.2, -0.15) is 0 Å². The first-order valence-electron chi connectivity index (χ1n) is 14.5. The Bertz CT molecular complexity index is 1250. The number of hydrogen-bond donors (Lipinski definition) is 6. The summed E-state index contributed by atoms with van der Waals surface area (Å²) >= 11 is 6.24. The fraction of sp³-hybridized carbons (Fsp3) is 0.645. The van der Waals surface area contributed by atoms with Crippen LogP contribution in [0.2, 0.25) is 5.02 Å². The van der Waals surface area contributed by atoms with Gasteiger partial charge in [-0.25, -0.2) is 0 Å². The number of ether oxygens (including phenoxy) is 2. The zero-order valence-corrected chi connectivity index (χ0v) is 26.2. The average molecular weight is 626 g/mol. The third kappa shape index (κ3) is 7.08. The molecular formula is C31H44ClNO10. The van der Waals surface area contributed by atoms with Crippen molar-refractivity contribution in [1.29, 1.82) is 0 Å². The number of amides is 1. The molecule has 12 heteroatoms. The van der Waals surface area contributed by atoms with E-state index in [1.807, 2.05) is 13.8 Å². The second kappa shape index (κ2) is 14.0. The molecular weight excluding hydrogens is 582 g/mol. The molecule has 2 aliphatic rings. The van der Waals surface area contributed by atoms with E-state index in [0.717, 1.165) is 0 Å². The summed E-state index contributed by atoms with van der Waals surface area (Å²) in [4.78, 5) is 36.4. The number of ketones is 1. The van der Waals surface area contributed by atoms with Crippen molar-refractivity contribution in [3.05, 3.63) is 33.4 Å². The van der Waals surface area contributed by atoms with Gasteiger partial charge in [0.2, 0.25) is 5.91 Å². The minimum absolute atomic E-state index is 0.0355. The lowest BCUT2D eigenvalue weighted by Gasteiger charge is -2.48. The number of hydrogen-bond acceptors (Lipinski definition) is 10. The molecule has 0 radical (unpaired) electrons. The fourth-order valence-corrected chi connectivity index (χ4v) is 6.37. The zero-order chi connectivity index (χ0) is 32.4. The molecule has 1 aliphatic heterocycles. The standard InChI is InChI=1S/C31H44ClNO10/c1-14(7-9-19-26(38)20(12-34)16(3)24(32)27(19)39)22(11-31(6)15(2)8-10-21(37)17(31)4)42-30-25(33-18(5)36)29(41)28(40)23(13-35)43-30/h7,12,15,17,22-23,25,28-30,35,38-41H,8-11,13H2,1-6H3,(H,33,36). The highest BCUT2D eigenvalue weighted by Crippen LogP contribution is 2.48. The number of aliphatic hydroxyl groups is 3. The Morgan fingerprint density at radius 2 is 1.86 bits per heavy atom. The largest absolute Gasteiger partial charge is 0.507 e. The van der Waals surface area contributed by atoms with Crippen LogP contribution in [-0.4, -0.2) is 86.9 Å². The van der Waals surface area contributed by atoms with Gasteiger partial charge in [-0.3, -0.25) is 14.4 Å². The number of allylic oxidation sites excluding steroid dienone is 1. The van der Waals surface area contributed by atoms with E-state index >= 15 is 0 Å². The Balaban J connectivity index is 2.06. The van der Waals surface area contributed by atoms with Gasteiger partial charge < -0.3 is 40.3 Å². The van der Waals surface area contributed by atoms with Crippen LogP contribution in [-0.2, 0) is 25.5 Å². The number of rotatable bonds is 10. The number of carbonyl (C=O) groups is 3. The topological polar surface area (TPSA) is 183 Å². The van der Waals surface area contributed by atoms with E-state index in [1.165, 1.54) is 13.8 Å². The maximum absolute atomic E-state index is 12.8. The summed E-state index contributed by atoms with van der Waals surface area (Å²) in [7, 11) is 0. The highest BCUT2D eigenvalue weighted by Gasteiger charge is 2.49. The van der Waals surface area contributed by atoms with Crippen molar-refractivity contribution in [2.24, 2.45) is 17.3 Å². The molecule has 3 rings (SSSR count). The van der Waals surface area contributed by atoms with Crippen LogP contribution in [0.4, 0.5) is 0 Å². The third-order valence-electron chi connectivity index (χ3n) is 9.62. The van der Waals surface area contributed by atoms with Gasteiger partial charge >= 0.3 is 0 Å². The molecule has 6 N–H and O–H groups in total. The van der Waals surface area contributed by atoms with Crippen molar-refractivity contribution in [3.63, 3.8) is 0 Å². The number of halogens is 1. The minimum Gasteiger partial charge on any atom is -0.507 e. The molecule has 9 unspecified atom stereocenters. The first kappa shape index (κ1) is 34.9. The molecule has 1 saturated heterocycles. The van der Waals surface area contributed by atoms with Crippen molar-refractivity contribution >= 4 is 29.6 Å². The van der Waals surface area contributed by atoms with Gasteiger partial charge in [-0.1, -0.05) is 38.4 Å². The van der Waals surface area contributed by atoms with Crippen molar-refractivity contribution in [1.82, 2.24) is 5.32 Å². The van der Waals surface area contributed by atoms with Crippen molar-refractivity contribution in [2.75, 3.05) is 6.61 Å². The molecule has 0 bridgehead atoms. The van der Waals surface area contributed by atoms with Crippen molar-refractivity contribution < 1.29 is 49.4 Å². The first-order valence-corrected chi connectivity index (χ1v) is 14.9. The highest BCUT2D eigenvalue weighted by molar-refractivity contribution is 6.33. The number of Topliss-reactive ketones (excluding diaryl/α,β-unsaturated/α-hetero) is 1. The summed E-state index contributed by atoms with van der Waals surface area (Å²) in [5.74, 6) is -1.29. The molecule has 9 atom stereocenters. The van der Waals surface area contributed by atoms with Crippen LogP contribution in [0.3, 0.4) is 0 Å². The van der Waals surface area contributed by atoms with Gasteiger partial charge in [0, 0.05) is 24.8 Å². The van der Waals surface area contributed by atoms with E-state index in [4.69, 9.17) is 21.1 Å². The molecule has 1 amide bonds. The van der Waals surface area contributed by atoms with Gasteiger partial charge in [0.15, 0.2) is 12.6 Å². The summed E-state index contributed by atoms with van der Waals surface area (Å²) in [6.07, 6.45) is -2.66. The molecule has 240 valence electrons. The molecule has 1 aromatic carbocycles. The third-order valence-corrected chi connectivity index (χ3v) is 10.1. The molecule has 2 fully saturated rings. The van der Waals surface area contributed by atoms with Crippen LogP contribution in [0.1, 0.15) is 75.4 Å². The predicted octanol–water partition coefficient (Wildman–Crippen LogP) is 2.72. The molecule has 1 saturated carbocycles. The van der Waals surface area contributed by atoms with Crippen LogP contribution >= 0.6 is 11.6 Å². The maximum atomic E-state index is 12.8. The van der Waals surface area contributed by atoms with Crippen LogP contribution in [0.5, 0.6) is 11.5 Å². The average Bonchev–Trinajstić information content (AvgIpc) is 2.96. The van der Waals surface area contributed by atoms with Crippen LogP contribution < -0.4 is 5.32 Å². The molecule has 1 aliphatic carbocycles. The number of carbonyl (C=O) groups excluding carboxylic acids is 3. The van der Waals surface area contributed by atoms with E-state index in [-0.39, 0.29) is 51.5 Å². The SMILES string of the molecule is CC(=O)NC1C(OC(CC2(C)C(C)CCC(=O)C2C)C(C)=CCc2c(O)c(Cl)c(C)c(C=O)c2O)OC(CO)C(O)C1O. The number of nitrogens with one attached hydrogen (secondary N) is 1. The van der Waals surface area contributed by atoms with Crippen LogP contribution in [0, 0.1) is 24.2 Å². The second-order valence-electron chi connectivity index (χ2n) is 12.2. The van der Waals surface area contributed by atoms with E-state index in [1.54, 1.807) is 13.0 Å². The summed E-state index contributed by atoms with van der Waals surface area (Å²) in [6.45, 7) is 9.87. The molecule has 43 heavy (non-hydrogen) atoms. The van der Waals surface area contributed by atoms with Gasteiger partial charge in [0.05, 0.1) is 23.3 Å². The van der Waals surface area contributed by atoms with Gasteiger partial charge in [-0.05, 0) is 55.6 Å². The quantitative estimate of drug-likeness (QED) is 0.167. The van der Waals surface area contributed by atoms with Crippen LogP contribution in [0.25, 0.3) is 0 Å². The number of phenolic OH excluding ortho intramolecular Hbond substituents is 2. The summed E-state index contributed by atoms with van der Waals surface area (Å²) in [5, 5.41) is 55.0. The monoisotopic (exact) mass is 625 g/mol. The Hall–Kier alpha value is -2.54. The Kier molecular flexibility index (Phi) is 11.4. The van der Waals surface area contributed by atoms with Gasteiger partial charge in [0.25, 0.3) is 0 Å². The number of phenols is 2. The number of benzene rings is 1. The highest BCUT2D eigenvalue weighted by atomic mass is 35.5. The summed E-state index contributed by atoms with van der Waals surface area (Å²) in [5.41, 5.74) is 0.328. The number of aromatic hydroxyl groups is 2.